The minimum absolute atomic E-state index is 0.457. The van der Waals surface area contributed by atoms with E-state index in [4.69, 9.17) is 4.74 Å². The van der Waals surface area contributed by atoms with Crippen molar-refractivity contribution in [2.75, 3.05) is 52.5 Å². The SMILES string of the molecule is Cc1cnn(CCCN2CCOCC(O)(CN3CCCC3)C2)c1. The highest BCUT2D eigenvalue weighted by Gasteiger charge is 2.34. The topological polar surface area (TPSA) is 53.8 Å². The molecule has 2 fully saturated rings. The number of rotatable bonds is 6. The first-order chi connectivity index (χ1) is 11.1. The maximum Gasteiger partial charge on any atom is 0.113 e. The number of β-amino-alcohol motifs (C(OH)–C–C–N with tert-alkyl or cyclic N) is 1. The molecule has 2 aliphatic rings. The van der Waals surface area contributed by atoms with Gasteiger partial charge in [-0.2, -0.15) is 5.10 Å². The third kappa shape index (κ3) is 5.01. The average Bonchev–Trinajstić information content (AvgIpc) is 3.11. The van der Waals surface area contributed by atoms with E-state index < -0.39 is 5.60 Å². The Bertz CT molecular complexity index is 487. The Kier molecular flexibility index (Phi) is 5.69. The summed E-state index contributed by atoms with van der Waals surface area (Å²) >= 11 is 0. The Labute approximate surface area is 139 Å². The fraction of sp³-hybridized carbons (Fsp3) is 0.824. The van der Waals surface area contributed by atoms with Gasteiger partial charge in [-0.05, 0) is 44.8 Å². The molecule has 6 heteroatoms. The molecule has 0 radical (unpaired) electrons. The first-order valence-corrected chi connectivity index (χ1v) is 8.87. The highest BCUT2D eigenvalue weighted by molar-refractivity contribution is 4.99. The molecule has 0 aliphatic carbocycles. The second-order valence-electron chi connectivity index (χ2n) is 7.17. The van der Waals surface area contributed by atoms with Crippen molar-refractivity contribution in [1.82, 2.24) is 19.6 Å². The van der Waals surface area contributed by atoms with Crippen LogP contribution < -0.4 is 0 Å². The Hall–Kier alpha value is -0.950. The van der Waals surface area contributed by atoms with Crippen LogP contribution in [0.15, 0.2) is 12.4 Å². The first kappa shape index (κ1) is 16.9. The summed E-state index contributed by atoms with van der Waals surface area (Å²) < 4.78 is 7.68. The van der Waals surface area contributed by atoms with Gasteiger partial charge in [0, 0.05) is 38.9 Å². The van der Waals surface area contributed by atoms with Crippen molar-refractivity contribution < 1.29 is 9.84 Å². The monoisotopic (exact) mass is 322 g/mol. The summed E-state index contributed by atoms with van der Waals surface area (Å²) in [6, 6.07) is 0. The van der Waals surface area contributed by atoms with Gasteiger partial charge >= 0.3 is 0 Å². The van der Waals surface area contributed by atoms with Crippen LogP contribution in [0.2, 0.25) is 0 Å². The minimum atomic E-state index is -0.733. The molecule has 0 spiro atoms. The van der Waals surface area contributed by atoms with Crippen molar-refractivity contribution in [2.24, 2.45) is 0 Å². The number of aliphatic hydroxyl groups is 1. The number of aryl methyl sites for hydroxylation is 2. The van der Waals surface area contributed by atoms with E-state index in [-0.39, 0.29) is 0 Å². The summed E-state index contributed by atoms with van der Waals surface area (Å²) in [5, 5.41) is 15.3. The van der Waals surface area contributed by atoms with Crippen LogP contribution in [0, 0.1) is 6.92 Å². The molecule has 6 nitrogen and oxygen atoms in total. The van der Waals surface area contributed by atoms with Gasteiger partial charge in [-0.25, -0.2) is 0 Å². The van der Waals surface area contributed by atoms with Gasteiger partial charge in [0.1, 0.15) is 5.60 Å². The molecule has 3 heterocycles. The van der Waals surface area contributed by atoms with E-state index in [1.165, 1.54) is 18.4 Å². The van der Waals surface area contributed by atoms with E-state index >= 15 is 0 Å². The number of ether oxygens (including phenoxy) is 1. The van der Waals surface area contributed by atoms with Crippen LogP contribution >= 0.6 is 0 Å². The number of aromatic nitrogens is 2. The molecule has 2 saturated heterocycles. The molecule has 1 aromatic heterocycles. The summed E-state index contributed by atoms with van der Waals surface area (Å²) in [6.07, 6.45) is 7.53. The second kappa shape index (κ2) is 7.75. The van der Waals surface area contributed by atoms with E-state index in [1.807, 2.05) is 10.9 Å². The van der Waals surface area contributed by atoms with Gasteiger partial charge in [-0.3, -0.25) is 9.58 Å². The van der Waals surface area contributed by atoms with Crippen molar-refractivity contribution in [3.05, 3.63) is 18.0 Å². The van der Waals surface area contributed by atoms with Crippen LogP contribution in [0.4, 0.5) is 0 Å². The first-order valence-electron chi connectivity index (χ1n) is 8.87. The molecule has 0 saturated carbocycles. The number of likely N-dealkylation sites (tertiary alicyclic amines) is 1. The molecule has 130 valence electrons. The Balaban J connectivity index is 1.47. The quantitative estimate of drug-likeness (QED) is 0.837. The molecule has 23 heavy (non-hydrogen) atoms. The van der Waals surface area contributed by atoms with Gasteiger partial charge < -0.3 is 14.7 Å². The van der Waals surface area contributed by atoms with Crippen molar-refractivity contribution in [2.45, 2.75) is 38.3 Å². The molecule has 1 unspecified atom stereocenters. The zero-order valence-electron chi connectivity index (χ0n) is 14.3. The molecule has 1 atom stereocenters. The fourth-order valence-corrected chi connectivity index (χ4v) is 3.69. The summed E-state index contributed by atoms with van der Waals surface area (Å²) in [4.78, 5) is 4.72. The standard InChI is InChI=1S/C17H30N4O2/c1-16-11-18-21(12-16)8-4-7-20-9-10-23-15-17(22,14-20)13-19-5-2-3-6-19/h11-12,22H,2-10,13-15H2,1H3. The van der Waals surface area contributed by atoms with E-state index in [0.29, 0.717) is 19.8 Å². The molecule has 2 aliphatic heterocycles. The van der Waals surface area contributed by atoms with Crippen LogP contribution in [0.3, 0.4) is 0 Å². The van der Waals surface area contributed by atoms with E-state index in [2.05, 4.69) is 28.0 Å². The molecule has 0 aromatic carbocycles. The highest BCUT2D eigenvalue weighted by atomic mass is 16.5. The zero-order chi connectivity index (χ0) is 16.1. The lowest BCUT2D eigenvalue weighted by Gasteiger charge is -2.34. The van der Waals surface area contributed by atoms with Crippen LogP contribution in [-0.4, -0.2) is 82.8 Å². The van der Waals surface area contributed by atoms with E-state index in [1.54, 1.807) is 0 Å². The van der Waals surface area contributed by atoms with Crippen LogP contribution in [0.1, 0.15) is 24.8 Å². The summed E-state index contributed by atoms with van der Waals surface area (Å²) in [6.45, 7) is 9.71. The number of nitrogens with zero attached hydrogens (tertiary/aromatic N) is 4. The lowest BCUT2D eigenvalue weighted by atomic mass is 10.0. The molecule has 1 aromatic rings. The average molecular weight is 322 g/mol. The molecule has 0 bridgehead atoms. The minimum Gasteiger partial charge on any atom is -0.385 e. The molecular weight excluding hydrogens is 292 g/mol. The summed E-state index contributed by atoms with van der Waals surface area (Å²) in [5.74, 6) is 0. The third-order valence-corrected chi connectivity index (χ3v) is 4.78. The molecule has 3 rings (SSSR count). The lowest BCUT2D eigenvalue weighted by Crippen LogP contribution is -2.52. The van der Waals surface area contributed by atoms with E-state index in [9.17, 15) is 5.11 Å². The zero-order valence-corrected chi connectivity index (χ0v) is 14.3. The molecule has 0 amide bonds. The van der Waals surface area contributed by atoms with Gasteiger partial charge in [-0.1, -0.05) is 0 Å². The van der Waals surface area contributed by atoms with Gasteiger partial charge in [0.2, 0.25) is 0 Å². The van der Waals surface area contributed by atoms with Crippen LogP contribution in [-0.2, 0) is 11.3 Å². The largest absolute Gasteiger partial charge is 0.385 e. The van der Waals surface area contributed by atoms with Crippen molar-refractivity contribution in [3.63, 3.8) is 0 Å². The predicted octanol–water partition coefficient (Wildman–Crippen LogP) is 0.741. The normalized spacial score (nSPS) is 27.4. The van der Waals surface area contributed by atoms with Gasteiger partial charge in [-0.15, -0.1) is 0 Å². The molecular formula is C17H30N4O2. The van der Waals surface area contributed by atoms with Crippen molar-refractivity contribution in [3.8, 4) is 0 Å². The van der Waals surface area contributed by atoms with E-state index in [0.717, 1.165) is 45.7 Å². The highest BCUT2D eigenvalue weighted by Crippen LogP contribution is 2.18. The maximum absolute atomic E-state index is 11.0. The Morgan fingerprint density at radius 2 is 2.04 bits per heavy atom. The maximum atomic E-state index is 11.0. The third-order valence-electron chi connectivity index (χ3n) is 4.78. The van der Waals surface area contributed by atoms with Crippen molar-refractivity contribution in [1.29, 1.82) is 0 Å². The number of hydrogen-bond acceptors (Lipinski definition) is 5. The predicted molar refractivity (Wildman–Crippen MR) is 89.5 cm³/mol. The van der Waals surface area contributed by atoms with Crippen LogP contribution in [0.25, 0.3) is 0 Å². The Morgan fingerprint density at radius 3 is 2.78 bits per heavy atom. The van der Waals surface area contributed by atoms with Gasteiger partial charge in [0.25, 0.3) is 0 Å². The summed E-state index contributed by atoms with van der Waals surface area (Å²) in [7, 11) is 0. The van der Waals surface area contributed by atoms with Gasteiger partial charge in [0.05, 0.1) is 19.4 Å². The second-order valence-corrected chi connectivity index (χ2v) is 7.17. The lowest BCUT2D eigenvalue weighted by molar-refractivity contribution is -0.0543. The van der Waals surface area contributed by atoms with Crippen LogP contribution in [0.5, 0.6) is 0 Å². The Morgan fingerprint density at radius 1 is 1.22 bits per heavy atom. The molecule has 1 N–H and O–H groups in total. The fourth-order valence-electron chi connectivity index (χ4n) is 3.69. The smallest absolute Gasteiger partial charge is 0.113 e. The number of hydrogen-bond donors (Lipinski definition) is 1. The van der Waals surface area contributed by atoms with Crippen molar-refractivity contribution >= 4 is 0 Å². The summed E-state index contributed by atoms with van der Waals surface area (Å²) in [5.41, 5.74) is 0.469. The van der Waals surface area contributed by atoms with Gasteiger partial charge in [0.15, 0.2) is 0 Å².